The van der Waals surface area contributed by atoms with Crippen molar-refractivity contribution in [3.8, 4) is 34.2 Å². The number of anilines is 1. The van der Waals surface area contributed by atoms with Crippen LogP contribution in [-0.4, -0.2) is 37.7 Å². The number of ether oxygens (including phenoxy) is 3. The Morgan fingerprint density at radius 1 is 1.00 bits per heavy atom. The second-order valence-electron chi connectivity index (χ2n) is 6.83. The van der Waals surface area contributed by atoms with Gasteiger partial charge in [0.25, 0.3) is 0 Å². The molecule has 1 aliphatic rings. The van der Waals surface area contributed by atoms with Crippen LogP contribution in [0.4, 0.5) is 5.82 Å². The molecule has 0 atom stereocenters. The van der Waals surface area contributed by atoms with Crippen molar-refractivity contribution in [1.29, 1.82) is 0 Å². The normalized spacial score (nSPS) is 13.2. The van der Waals surface area contributed by atoms with Crippen molar-refractivity contribution < 1.29 is 14.2 Å². The highest BCUT2D eigenvalue weighted by Gasteiger charge is 2.26. The summed E-state index contributed by atoms with van der Waals surface area (Å²) in [5.41, 5.74) is 3.70. The van der Waals surface area contributed by atoms with E-state index in [1.165, 1.54) is 0 Å². The first-order valence-corrected chi connectivity index (χ1v) is 9.96. The van der Waals surface area contributed by atoms with Gasteiger partial charge in [0.1, 0.15) is 22.9 Å². The highest BCUT2D eigenvalue weighted by Crippen LogP contribution is 2.42. The van der Waals surface area contributed by atoms with Crippen LogP contribution in [-0.2, 0) is 6.42 Å². The van der Waals surface area contributed by atoms with E-state index in [9.17, 15) is 0 Å². The van der Waals surface area contributed by atoms with Gasteiger partial charge in [-0.3, -0.25) is 0 Å². The van der Waals surface area contributed by atoms with Crippen LogP contribution in [0, 0.1) is 0 Å². The highest BCUT2D eigenvalue weighted by molar-refractivity contribution is 6.30. The van der Waals surface area contributed by atoms with Crippen molar-refractivity contribution in [1.82, 2.24) is 9.78 Å². The topological polar surface area (TPSA) is 57.5 Å². The van der Waals surface area contributed by atoms with Gasteiger partial charge in [0.05, 0.1) is 21.3 Å². The van der Waals surface area contributed by atoms with Gasteiger partial charge in [-0.25, -0.2) is 4.68 Å². The maximum Gasteiger partial charge on any atom is 0.170 e. The predicted octanol–water partition coefficient (Wildman–Crippen LogP) is 4.97. The lowest BCUT2D eigenvalue weighted by Crippen LogP contribution is -2.08. The van der Waals surface area contributed by atoms with E-state index in [0.29, 0.717) is 22.3 Å². The number of benzene rings is 2. The molecule has 2 aromatic carbocycles. The van der Waals surface area contributed by atoms with Crippen molar-refractivity contribution >= 4 is 17.4 Å². The molecule has 3 aromatic rings. The highest BCUT2D eigenvalue weighted by atomic mass is 35.5. The number of nitrogens with one attached hydrogen (secondary N) is 1. The first kappa shape index (κ1) is 19.5. The molecule has 0 saturated carbocycles. The molecule has 0 saturated heterocycles. The molecule has 0 radical (unpaired) electrons. The Labute approximate surface area is 175 Å². The number of methoxy groups -OCH3 is 3. The SMILES string of the molecule is COc1ccc(Cl)cc1-n1nc(-c2cccc(OC)c2OC)c2c1NCCCC2. The lowest BCUT2D eigenvalue weighted by atomic mass is 10.0. The summed E-state index contributed by atoms with van der Waals surface area (Å²) in [6, 6.07) is 11.4. The summed E-state index contributed by atoms with van der Waals surface area (Å²) in [7, 11) is 4.93. The van der Waals surface area contributed by atoms with Gasteiger partial charge in [0, 0.05) is 22.7 Å². The van der Waals surface area contributed by atoms with Crippen LogP contribution in [0.5, 0.6) is 17.2 Å². The molecule has 2 heterocycles. The van der Waals surface area contributed by atoms with Gasteiger partial charge in [-0.05, 0) is 49.6 Å². The standard InChI is InChI=1S/C22H24ClN3O3/c1-27-18-11-10-14(23)13-17(18)26-22-16(7-4-5-12-24-22)20(25-26)15-8-6-9-19(28-2)21(15)29-3/h6,8-11,13,24H,4-5,7,12H2,1-3H3. The second-order valence-corrected chi connectivity index (χ2v) is 7.27. The second kappa shape index (κ2) is 8.25. The number of halogens is 1. The number of hydrogen-bond acceptors (Lipinski definition) is 5. The van der Waals surface area contributed by atoms with Crippen molar-refractivity contribution in [3.05, 3.63) is 47.0 Å². The summed E-state index contributed by atoms with van der Waals surface area (Å²) >= 11 is 6.30. The Bertz CT molecular complexity index is 1030. The van der Waals surface area contributed by atoms with Crippen molar-refractivity contribution in [3.63, 3.8) is 0 Å². The van der Waals surface area contributed by atoms with E-state index in [1.54, 1.807) is 21.3 Å². The Morgan fingerprint density at radius 2 is 1.83 bits per heavy atom. The van der Waals surface area contributed by atoms with E-state index in [2.05, 4.69) is 5.32 Å². The van der Waals surface area contributed by atoms with Gasteiger partial charge in [-0.1, -0.05) is 17.7 Å². The molecule has 0 fully saturated rings. The summed E-state index contributed by atoms with van der Waals surface area (Å²) in [5, 5.41) is 9.16. The van der Waals surface area contributed by atoms with E-state index in [0.717, 1.165) is 54.1 Å². The molecular weight excluding hydrogens is 390 g/mol. The lowest BCUT2D eigenvalue weighted by molar-refractivity contribution is 0.356. The van der Waals surface area contributed by atoms with E-state index in [1.807, 2.05) is 41.1 Å². The first-order valence-electron chi connectivity index (χ1n) is 9.59. The Hall–Kier alpha value is -2.86. The molecule has 152 valence electrons. The van der Waals surface area contributed by atoms with E-state index in [-0.39, 0.29) is 0 Å². The third-order valence-corrected chi connectivity index (χ3v) is 5.39. The fourth-order valence-electron chi connectivity index (χ4n) is 3.80. The van der Waals surface area contributed by atoms with Gasteiger partial charge in [-0.2, -0.15) is 5.10 Å². The van der Waals surface area contributed by atoms with Gasteiger partial charge in [0.15, 0.2) is 11.5 Å². The third-order valence-electron chi connectivity index (χ3n) is 5.16. The summed E-state index contributed by atoms with van der Waals surface area (Å²) < 4.78 is 18.7. The van der Waals surface area contributed by atoms with Crippen LogP contribution < -0.4 is 19.5 Å². The van der Waals surface area contributed by atoms with Crippen LogP contribution >= 0.6 is 11.6 Å². The Morgan fingerprint density at radius 3 is 2.59 bits per heavy atom. The van der Waals surface area contributed by atoms with Gasteiger partial charge < -0.3 is 19.5 Å². The summed E-state index contributed by atoms with van der Waals surface area (Å²) in [6.45, 7) is 0.885. The zero-order valence-corrected chi connectivity index (χ0v) is 17.5. The molecule has 1 N–H and O–H groups in total. The van der Waals surface area contributed by atoms with E-state index < -0.39 is 0 Å². The number of rotatable bonds is 5. The summed E-state index contributed by atoms with van der Waals surface area (Å²) in [4.78, 5) is 0. The van der Waals surface area contributed by atoms with Crippen molar-refractivity contribution in [2.75, 3.05) is 33.2 Å². The quantitative estimate of drug-likeness (QED) is 0.640. The molecular formula is C22H24ClN3O3. The largest absolute Gasteiger partial charge is 0.494 e. The van der Waals surface area contributed by atoms with Gasteiger partial charge in [0.2, 0.25) is 0 Å². The van der Waals surface area contributed by atoms with Crippen molar-refractivity contribution in [2.45, 2.75) is 19.3 Å². The smallest absolute Gasteiger partial charge is 0.170 e. The molecule has 0 unspecified atom stereocenters. The van der Waals surface area contributed by atoms with Crippen LogP contribution in [0.15, 0.2) is 36.4 Å². The minimum atomic E-state index is 0.624. The summed E-state index contributed by atoms with van der Waals surface area (Å²) in [6.07, 6.45) is 3.09. The molecule has 0 aliphatic carbocycles. The number of nitrogens with zero attached hydrogens (tertiary/aromatic N) is 2. The third kappa shape index (κ3) is 3.49. The molecule has 0 bridgehead atoms. The number of aromatic nitrogens is 2. The van der Waals surface area contributed by atoms with E-state index in [4.69, 9.17) is 30.9 Å². The molecule has 0 amide bonds. The minimum absolute atomic E-state index is 0.624. The predicted molar refractivity (Wildman–Crippen MR) is 115 cm³/mol. The maximum absolute atomic E-state index is 6.30. The average molecular weight is 414 g/mol. The molecule has 1 aromatic heterocycles. The van der Waals surface area contributed by atoms with Crippen LogP contribution in [0.1, 0.15) is 18.4 Å². The van der Waals surface area contributed by atoms with Crippen LogP contribution in [0.3, 0.4) is 0 Å². The number of fused-ring (bicyclic) bond motifs is 1. The Balaban J connectivity index is 1.98. The monoisotopic (exact) mass is 413 g/mol. The number of hydrogen-bond donors (Lipinski definition) is 1. The summed E-state index contributed by atoms with van der Waals surface area (Å²) in [5.74, 6) is 3.01. The molecule has 1 aliphatic heterocycles. The average Bonchev–Trinajstić information content (AvgIpc) is 2.93. The molecule has 4 rings (SSSR count). The van der Waals surface area contributed by atoms with Crippen LogP contribution in [0.2, 0.25) is 5.02 Å². The molecule has 6 nitrogen and oxygen atoms in total. The first-order chi connectivity index (χ1) is 14.2. The molecule has 0 spiro atoms. The van der Waals surface area contributed by atoms with Gasteiger partial charge in [-0.15, -0.1) is 0 Å². The van der Waals surface area contributed by atoms with Gasteiger partial charge >= 0.3 is 0 Å². The zero-order valence-electron chi connectivity index (χ0n) is 16.8. The van der Waals surface area contributed by atoms with Crippen molar-refractivity contribution in [2.24, 2.45) is 0 Å². The lowest BCUT2D eigenvalue weighted by Gasteiger charge is -2.13. The fourth-order valence-corrected chi connectivity index (χ4v) is 3.96. The van der Waals surface area contributed by atoms with E-state index >= 15 is 0 Å². The minimum Gasteiger partial charge on any atom is -0.494 e. The molecule has 29 heavy (non-hydrogen) atoms. The molecule has 7 heteroatoms. The number of para-hydroxylation sites is 1. The maximum atomic E-state index is 6.30. The fraction of sp³-hybridized carbons (Fsp3) is 0.318. The Kier molecular flexibility index (Phi) is 5.53. The zero-order chi connectivity index (χ0) is 20.4. The van der Waals surface area contributed by atoms with Crippen LogP contribution in [0.25, 0.3) is 16.9 Å².